The number of amides is 1. The van der Waals surface area contributed by atoms with Gasteiger partial charge >= 0.3 is 0 Å². The van der Waals surface area contributed by atoms with Crippen LogP contribution in [0.1, 0.15) is 22.8 Å². The molecule has 3 aromatic rings. The van der Waals surface area contributed by atoms with Crippen LogP contribution in [0.25, 0.3) is 0 Å². The Bertz CT molecular complexity index is 1030. The number of hydrogen-bond acceptors (Lipinski definition) is 3. The van der Waals surface area contributed by atoms with Gasteiger partial charge in [-0.2, -0.15) is 0 Å². The fraction of sp³-hybridized carbons (Fsp3) is 0.100. The van der Waals surface area contributed by atoms with Gasteiger partial charge in [0.2, 0.25) is 5.56 Å². The highest BCUT2D eigenvalue weighted by Crippen LogP contribution is 2.31. The molecule has 0 aliphatic heterocycles. The monoisotopic (exact) mass is 370 g/mol. The number of H-pyrrole nitrogens is 1. The predicted molar refractivity (Wildman–Crippen MR) is 97.3 cm³/mol. The second-order valence-electron chi connectivity index (χ2n) is 5.73. The van der Waals surface area contributed by atoms with Crippen molar-refractivity contribution in [1.82, 2.24) is 4.98 Å². The van der Waals surface area contributed by atoms with Crippen molar-refractivity contribution in [2.75, 3.05) is 5.32 Å². The topological polar surface area (TPSA) is 71.2 Å². The number of halogens is 2. The molecule has 0 saturated heterocycles. The molecule has 7 heteroatoms. The molecule has 0 aliphatic carbocycles. The molecule has 0 unspecified atom stereocenters. The lowest BCUT2D eigenvalue weighted by Gasteiger charge is -2.14. The fourth-order valence-electron chi connectivity index (χ4n) is 2.47. The first-order chi connectivity index (χ1) is 13.0. The number of para-hydroxylation sites is 1. The third-order valence-electron chi connectivity index (χ3n) is 3.86. The van der Waals surface area contributed by atoms with Crippen LogP contribution in [-0.4, -0.2) is 10.9 Å². The average Bonchev–Trinajstić information content (AvgIpc) is 2.64. The molecule has 0 fully saturated rings. The van der Waals surface area contributed by atoms with Crippen LogP contribution in [-0.2, 0) is 6.42 Å². The fourth-order valence-corrected chi connectivity index (χ4v) is 2.47. The van der Waals surface area contributed by atoms with Crippen molar-refractivity contribution >= 4 is 11.6 Å². The van der Waals surface area contributed by atoms with Crippen molar-refractivity contribution in [3.63, 3.8) is 0 Å². The van der Waals surface area contributed by atoms with Gasteiger partial charge in [0.1, 0.15) is 5.75 Å². The van der Waals surface area contributed by atoms with E-state index in [4.69, 9.17) is 4.74 Å². The van der Waals surface area contributed by atoms with E-state index in [1.165, 1.54) is 30.5 Å². The number of aryl methyl sites for hydroxylation is 1. The second-order valence-corrected chi connectivity index (χ2v) is 5.73. The summed E-state index contributed by atoms with van der Waals surface area (Å²) in [5.74, 6) is -2.90. The lowest BCUT2D eigenvalue weighted by molar-refractivity contribution is 0.102. The minimum absolute atomic E-state index is 0.0145. The molecule has 5 nitrogen and oxygen atoms in total. The predicted octanol–water partition coefficient (Wildman–Crippen LogP) is 4.26. The van der Waals surface area contributed by atoms with Gasteiger partial charge in [-0.25, -0.2) is 8.78 Å². The molecule has 1 aromatic heterocycles. The van der Waals surface area contributed by atoms with E-state index in [1.807, 2.05) is 6.92 Å². The van der Waals surface area contributed by atoms with Gasteiger partial charge in [-0.05, 0) is 42.3 Å². The molecule has 0 bridgehead atoms. The molecule has 1 amide bonds. The van der Waals surface area contributed by atoms with Gasteiger partial charge in [-0.3, -0.25) is 9.59 Å². The summed E-state index contributed by atoms with van der Waals surface area (Å²) in [5.41, 5.74) is 0.815. The normalized spacial score (nSPS) is 10.5. The van der Waals surface area contributed by atoms with Crippen LogP contribution in [0, 0.1) is 11.6 Å². The van der Waals surface area contributed by atoms with Crippen LogP contribution in [0.3, 0.4) is 0 Å². The molecule has 1 heterocycles. The Morgan fingerprint density at radius 1 is 1.11 bits per heavy atom. The number of anilines is 1. The van der Waals surface area contributed by atoms with Gasteiger partial charge in [0.15, 0.2) is 17.4 Å². The SMILES string of the molecule is CCc1ccc(C(=O)Nc2cc[nH]c(=O)c2)c(Oc2c(F)cccc2F)c1. The molecule has 3 rings (SSSR count). The first-order valence-electron chi connectivity index (χ1n) is 8.23. The molecule has 2 N–H and O–H groups in total. The van der Waals surface area contributed by atoms with Crippen molar-refractivity contribution in [1.29, 1.82) is 0 Å². The summed E-state index contributed by atoms with van der Waals surface area (Å²) in [5, 5.41) is 2.57. The largest absolute Gasteiger partial charge is 0.450 e. The van der Waals surface area contributed by atoms with E-state index in [0.717, 1.165) is 17.7 Å². The number of carbonyl (C=O) groups excluding carboxylic acids is 1. The van der Waals surface area contributed by atoms with Gasteiger partial charge in [-0.1, -0.05) is 19.1 Å². The van der Waals surface area contributed by atoms with Crippen molar-refractivity contribution in [2.45, 2.75) is 13.3 Å². The summed E-state index contributed by atoms with van der Waals surface area (Å²) in [7, 11) is 0. The summed E-state index contributed by atoms with van der Waals surface area (Å²) in [4.78, 5) is 26.4. The van der Waals surface area contributed by atoms with Gasteiger partial charge < -0.3 is 15.0 Å². The lowest BCUT2D eigenvalue weighted by Crippen LogP contribution is -2.15. The summed E-state index contributed by atoms with van der Waals surface area (Å²) in [6.07, 6.45) is 2.04. The molecule has 27 heavy (non-hydrogen) atoms. The van der Waals surface area contributed by atoms with Crippen LogP contribution >= 0.6 is 0 Å². The van der Waals surface area contributed by atoms with E-state index >= 15 is 0 Å². The van der Waals surface area contributed by atoms with E-state index in [2.05, 4.69) is 10.3 Å². The Hall–Kier alpha value is -3.48. The van der Waals surface area contributed by atoms with E-state index in [-0.39, 0.29) is 22.6 Å². The van der Waals surface area contributed by atoms with Gasteiger partial charge in [-0.15, -0.1) is 0 Å². The first kappa shape index (κ1) is 18.3. The summed E-state index contributed by atoms with van der Waals surface area (Å²) < 4.78 is 33.3. The third kappa shape index (κ3) is 4.20. The number of nitrogens with one attached hydrogen (secondary N) is 2. The standard InChI is InChI=1S/C20H16F2N2O3/c1-2-12-6-7-14(20(26)24-13-8-9-23-18(25)11-13)17(10-12)27-19-15(21)4-3-5-16(19)22/h3-11H,2H2,1H3,(H2,23,24,25,26). The van der Waals surface area contributed by atoms with Crippen LogP contribution in [0.15, 0.2) is 59.5 Å². The molecule has 138 valence electrons. The number of hydrogen-bond donors (Lipinski definition) is 2. The number of carbonyl (C=O) groups is 1. The van der Waals surface area contributed by atoms with Gasteiger partial charge in [0.25, 0.3) is 5.91 Å². The molecule has 0 saturated carbocycles. The van der Waals surface area contributed by atoms with E-state index in [0.29, 0.717) is 6.42 Å². The van der Waals surface area contributed by atoms with E-state index in [9.17, 15) is 18.4 Å². The van der Waals surface area contributed by atoms with Crippen molar-refractivity contribution in [2.24, 2.45) is 0 Å². The van der Waals surface area contributed by atoms with Crippen LogP contribution in [0.5, 0.6) is 11.5 Å². The molecular weight excluding hydrogens is 354 g/mol. The van der Waals surface area contributed by atoms with Crippen molar-refractivity contribution < 1.29 is 18.3 Å². The van der Waals surface area contributed by atoms with Crippen molar-refractivity contribution in [3.05, 3.63) is 87.8 Å². The highest BCUT2D eigenvalue weighted by Gasteiger charge is 2.18. The molecule has 0 spiro atoms. The molecular formula is C20H16F2N2O3. The Labute approximate surface area is 153 Å². The molecule has 2 aromatic carbocycles. The summed E-state index contributed by atoms with van der Waals surface area (Å²) in [6, 6.07) is 10.9. The Morgan fingerprint density at radius 3 is 2.52 bits per heavy atom. The molecule has 0 atom stereocenters. The maximum atomic E-state index is 13.9. The number of aromatic nitrogens is 1. The minimum Gasteiger partial charge on any atom is -0.450 e. The third-order valence-corrected chi connectivity index (χ3v) is 3.86. The lowest BCUT2D eigenvalue weighted by atomic mass is 10.1. The van der Waals surface area contributed by atoms with E-state index < -0.39 is 23.3 Å². The Morgan fingerprint density at radius 2 is 1.85 bits per heavy atom. The smallest absolute Gasteiger partial charge is 0.259 e. The van der Waals surface area contributed by atoms with Crippen LogP contribution < -0.4 is 15.6 Å². The maximum absolute atomic E-state index is 13.9. The Balaban J connectivity index is 1.97. The van der Waals surface area contributed by atoms with Gasteiger partial charge in [0, 0.05) is 18.0 Å². The maximum Gasteiger partial charge on any atom is 0.259 e. The zero-order valence-corrected chi connectivity index (χ0v) is 14.4. The van der Waals surface area contributed by atoms with Gasteiger partial charge in [0.05, 0.1) is 5.56 Å². The number of benzene rings is 2. The number of ether oxygens (including phenoxy) is 1. The number of rotatable bonds is 5. The zero-order valence-electron chi connectivity index (χ0n) is 14.4. The number of pyridine rings is 1. The number of aromatic amines is 1. The van der Waals surface area contributed by atoms with Crippen molar-refractivity contribution in [3.8, 4) is 11.5 Å². The molecule has 0 aliphatic rings. The summed E-state index contributed by atoms with van der Waals surface area (Å²) in [6.45, 7) is 1.90. The minimum atomic E-state index is -0.877. The average molecular weight is 370 g/mol. The van der Waals surface area contributed by atoms with Crippen LogP contribution in [0.4, 0.5) is 14.5 Å². The summed E-state index contributed by atoms with van der Waals surface area (Å²) >= 11 is 0. The molecule has 0 radical (unpaired) electrons. The zero-order chi connectivity index (χ0) is 19.4. The second kappa shape index (κ2) is 7.82. The quantitative estimate of drug-likeness (QED) is 0.705. The van der Waals surface area contributed by atoms with Crippen LogP contribution in [0.2, 0.25) is 0 Å². The highest BCUT2D eigenvalue weighted by molar-refractivity contribution is 6.06. The highest BCUT2D eigenvalue weighted by atomic mass is 19.1. The Kier molecular flexibility index (Phi) is 5.30. The first-order valence-corrected chi connectivity index (χ1v) is 8.23. The van der Waals surface area contributed by atoms with E-state index in [1.54, 1.807) is 12.1 Å².